The van der Waals surface area contributed by atoms with E-state index in [1.165, 1.54) is 12.1 Å². The van der Waals surface area contributed by atoms with E-state index in [1.54, 1.807) is 0 Å². The molecule has 0 saturated carbocycles. The first-order valence-electron chi connectivity index (χ1n) is 11.4. The number of aromatic nitrogens is 3. The van der Waals surface area contributed by atoms with Crippen molar-refractivity contribution in [2.24, 2.45) is 0 Å². The monoisotopic (exact) mass is 623 g/mol. The summed E-state index contributed by atoms with van der Waals surface area (Å²) in [6.07, 6.45) is -5.96. The average molecular weight is 625 g/mol. The molecule has 0 unspecified atom stereocenters. The largest absolute Gasteiger partial charge is 0.479 e. The minimum atomic E-state index is -4.56. The third-order valence-electron chi connectivity index (χ3n) is 4.55. The summed E-state index contributed by atoms with van der Waals surface area (Å²) in [5.41, 5.74) is -1.12. The molecule has 0 bridgehead atoms. The lowest BCUT2D eigenvalue weighted by Crippen LogP contribution is -2.23. The van der Waals surface area contributed by atoms with Gasteiger partial charge < -0.3 is 25.2 Å². The number of anilines is 2. The van der Waals surface area contributed by atoms with Crippen molar-refractivity contribution in [1.82, 2.24) is 15.0 Å². The second kappa shape index (κ2) is 14.7. The number of carbonyl (C=O) groups is 2. The van der Waals surface area contributed by atoms with Crippen molar-refractivity contribution >= 4 is 58.6 Å². The van der Waals surface area contributed by atoms with Crippen molar-refractivity contribution in [3.05, 3.63) is 62.9 Å². The minimum Gasteiger partial charge on any atom is -0.479 e. The second-order valence-electron chi connectivity index (χ2n) is 7.58. The number of aliphatic carboxylic acids is 1. The molecule has 10 nitrogen and oxygen atoms in total. The van der Waals surface area contributed by atoms with E-state index in [0.29, 0.717) is 18.0 Å². The molecule has 16 heteroatoms. The quantitative estimate of drug-likeness (QED) is 0.218. The molecule has 0 spiro atoms. The van der Waals surface area contributed by atoms with Crippen molar-refractivity contribution in [3.8, 4) is 11.5 Å². The number of nitrogens with zero attached hydrogens (tertiary/aromatic N) is 3. The topological polar surface area (TPSA) is 136 Å². The van der Waals surface area contributed by atoms with Crippen LogP contribution in [0.1, 0.15) is 36.7 Å². The number of hydrogen-bond donors (Lipinski definition) is 3. The normalized spacial score (nSPS) is 11.5. The molecule has 2 aromatic carbocycles. The number of halogens is 6. The number of carbonyl (C=O) groups excluding carboxylic acids is 1. The number of nitrogens with one attached hydrogen (secondary N) is 2. The molecule has 40 heavy (non-hydrogen) atoms. The molecule has 0 fully saturated rings. The Morgan fingerprint density at radius 2 is 1.55 bits per heavy atom. The maximum Gasteiger partial charge on any atom is 0.416 e. The summed E-state index contributed by atoms with van der Waals surface area (Å²) in [5.74, 6) is -1.39. The summed E-state index contributed by atoms with van der Waals surface area (Å²) >= 11 is 17.4. The molecule has 1 heterocycles. The highest BCUT2D eigenvalue weighted by Crippen LogP contribution is 2.37. The third-order valence-corrected chi connectivity index (χ3v) is 5.35. The van der Waals surface area contributed by atoms with Crippen LogP contribution in [0.5, 0.6) is 11.5 Å². The zero-order chi connectivity index (χ0) is 30.0. The van der Waals surface area contributed by atoms with Crippen molar-refractivity contribution in [2.45, 2.75) is 33.1 Å². The molecular weight excluding hydrogens is 602 g/mol. The first-order chi connectivity index (χ1) is 18.7. The van der Waals surface area contributed by atoms with Crippen LogP contribution in [-0.2, 0) is 15.7 Å². The fourth-order valence-electron chi connectivity index (χ4n) is 2.71. The Balaban J connectivity index is 0.000000360. The number of esters is 1. The fraction of sp³-hybridized carbons (Fsp3) is 0.292. The third kappa shape index (κ3) is 9.88. The molecule has 0 aliphatic carbocycles. The van der Waals surface area contributed by atoms with E-state index in [0.717, 1.165) is 38.2 Å². The van der Waals surface area contributed by atoms with Crippen LogP contribution in [0.2, 0.25) is 15.3 Å². The molecule has 3 rings (SSSR count). The van der Waals surface area contributed by atoms with Gasteiger partial charge in [-0.15, -0.1) is 0 Å². The lowest BCUT2D eigenvalue weighted by molar-refractivity contribution is -0.146. The van der Waals surface area contributed by atoms with E-state index in [4.69, 9.17) is 49.4 Å². The van der Waals surface area contributed by atoms with Gasteiger partial charge in [-0.2, -0.15) is 28.1 Å². The van der Waals surface area contributed by atoms with E-state index >= 15 is 0 Å². The molecule has 3 N–H and O–H groups in total. The lowest BCUT2D eigenvalue weighted by Gasteiger charge is -2.13. The van der Waals surface area contributed by atoms with E-state index in [2.05, 4.69) is 25.6 Å². The second-order valence-corrected chi connectivity index (χ2v) is 8.74. The van der Waals surface area contributed by atoms with E-state index in [1.807, 2.05) is 13.8 Å². The van der Waals surface area contributed by atoms with Crippen molar-refractivity contribution in [2.75, 3.05) is 23.7 Å². The SMILES string of the molecule is CCNc1nc(Cl)nc(NCC)n1.C[C@H](OC(=O)c1cc(Oc2ccc(C(F)(F)F)cc2Cl)ccc1Cl)C(=O)O. The average Bonchev–Trinajstić information content (AvgIpc) is 2.86. The molecule has 0 saturated heterocycles. The molecule has 3 aromatic rings. The molecule has 0 aliphatic rings. The number of rotatable bonds is 9. The van der Waals surface area contributed by atoms with E-state index in [9.17, 15) is 22.8 Å². The van der Waals surface area contributed by atoms with Crippen molar-refractivity contribution < 1.29 is 37.3 Å². The Bertz CT molecular complexity index is 1320. The summed E-state index contributed by atoms with van der Waals surface area (Å²) in [6, 6.07) is 6.33. The summed E-state index contributed by atoms with van der Waals surface area (Å²) in [4.78, 5) is 34.7. The fourth-order valence-corrected chi connectivity index (χ4v) is 3.28. The Morgan fingerprint density at radius 3 is 2.05 bits per heavy atom. The van der Waals surface area contributed by atoms with Gasteiger partial charge >= 0.3 is 18.1 Å². The zero-order valence-corrected chi connectivity index (χ0v) is 23.4. The van der Waals surface area contributed by atoms with Gasteiger partial charge in [-0.05, 0) is 68.8 Å². The molecule has 0 amide bonds. The Hall–Kier alpha value is -3.55. The molecule has 1 aromatic heterocycles. The molecular formula is C24H23Cl3F3N5O5. The van der Waals surface area contributed by atoms with Crippen LogP contribution in [0.15, 0.2) is 36.4 Å². The number of alkyl halides is 3. The minimum absolute atomic E-state index is 0.0246. The number of ether oxygens (including phenoxy) is 2. The van der Waals surface area contributed by atoms with Crippen molar-refractivity contribution in [1.29, 1.82) is 0 Å². The Labute approximate surface area is 241 Å². The van der Waals surface area contributed by atoms with E-state index in [-0.39, 0.29) is 32.4 Å². The van der Waals surface area contributed by atoms with Gasteiger partial charge in [0.25, 0.3) is 0 Å². The first-order valence-corrected chi connectivity index (χ1v) is 12.6. The smallest absolute Gasteiger partial charge is 0.416 e. The van der Waals surface area contributed by atoms with Gasteiger partial charge in [-0.25, -0.2) is 9.59 Å². The van der Waals surface area contributed by atoms with Gasteiger partial charge in [0, 0.05) is 13.1 Å². The standard InChI is InChI=1S/C17H11Cl2F3O5.C7H12ClN5/c1-8(15(23)24)26-16(25)11-7-10(3-4-12(11)18)27-14-5-2-9(6-13(14)19)17(20,21)22;1-3-9-6-11-5(8)12-7(13-6)10-4-2/h2-8H,1H3,(H,23,24);3-4H2,1-2H3,(H2,9,10,11,12,13)/t8-;/m0./s1. The Morgan fingerprint density at radius 1 is 0.950 bits per heavy atom. The van der Waals surface area contributed by atoms with Gasteiger partial charge in [-0.3, -0.25) is 0 Å². The molecule has 1 atom stereocenters. The van der Waals surface area contributed by atoms with Gasteiger partial charge in [0.15, 0.2) is 6.10 Å². The van der Waals surface area contributed by atoms with Crippen molar-refractivity contribution in [3.63, 3.8) is 0 Å². The van der Waals surface area contributed by atoms with E-state index < -0.39 is 29.8 Å². The van der Waals surface area contributed by atoms with Crippen LogP contribution in [0.4, 0.5) is 25.1 Å². The maximum atomic E-state index is 12.7. The highest BCUT2D eigenvalue weighted by atomic mass is 35.5. The molecule has 0 aliphatic heterocycles. The van der Waals surface area contributed by atoms with Gasteiger partial charge in [0.2, 0.25) is 17.2 Å². The van der Waals surface area contributed by atoms with Crippen LogP contribution in [0, 0.1) is 0 Å². The van der Waals surface area contributed by atoms with Gasteiger partial charge in [0.05, 0.1) is 21.2 Å². The van der Waals surface area contributed by atoms with Crippen LogP contribution in [0.3, 0.4) is 0 Å². The van der Waals surface area contributed by atoms with Crippen LogP contribution in [-0.4, -0.2) is 51.2 Å². The zero-order valence-electron chi connectivity index (χ0n) is 21.1. The summed E-state index contributed by atoms with van der Waals surface area (Å²) < 4.78 is 48.1. The number of benzene rings is 2. The summed E-state index contributed by atoms with van der Waals surface area (Å²) in [6.45, 7) is 6.60. The summed E-state index contributed by atoms with van der Waals surface area (Å²) in [7, 11) is 0. The summed E-state index contributed by atoms with van der Waals surface area (Å²) in [5, 5.41) is 14.6. The Kier molecular flexibility index (Phi) is 12.0. The van der Waals surface area contributed by atoms with Gasteiger partial charge in [0.1, 0.15) is 11.5 Å². The molecule has 0 radical (unpaired) electrons. The van der Waals surface area contributed by atoms with Crippen LogP contribution in [0.25, 0.3) is 0 Å². The van der Waals surface area contributed by atoms with Crippen LogP contribution >= 0.6 is 34.8 Å². The predicted octanol–water partition coefficient (Wildman–Crippen LogP) is 6.82. The first kappa shape index (κ1) is 32.7. The number of hydrogen-bond acceptors (Lipinski definition) is 9. The highest BCUT2D eigenvalue weighted by Gasteiger charge is 2.31. The predicted molar refractivity (Wildman–Crippen MR) is 144 cm³/mol. The van der Waals surface area contributed by atoms with Gasteiger partial charge in [-0.1, -0.05) is 23.2 Å². The highest BCUT2D eigenvalue weighted by molar-refractivity contribution is 6.33. The maximum absolute atomic E-state index is 12.7. The molecule has 216 valence electrons. The van der Waals surface area contributed by atoms with Crippen LogP contribution < -0.4 is 15.4 Å². The number of carboxylic acids is 1. The number of carboxylic acid groups (broad SMARTS) is 1. The lowest BCUT2D eigenvalue weighted by atomic mass is 10.2.